The SMILES string of the molecule is COc1cc(CN[C@@H](C)c2ccccc2)cc(Br)c1OCc1ccccc1C. The number of ether oxygens (including phenoxy) is 2. The van der Waals surface area contributed by atoms with Gasteiger partial charge in [-0.15, -0.1) is 0 Å². The third-order valence-electron chi connectivity index (χ3n) is 4.83. The first kappa shape index (κ1) is 20.4. The maximum absolute atomic E-state index is 6.08. The summed E-state index contributed by atoms with van der Waals surface area (Å²) in [6.07, 6.45) is 0. The average Bonchev–Trinajstić information content (AvgIpc) is 2.72. The normalized spacial score (nSPS) is 11.9. The van der Waals surface area contributed by atoms with E-state index in [0.29, 0.717) is 6.61 Å². The molecule has 0 fully saturated rings. The van der Waals surface area contributed by atoms with E-state index in [1.807, 2.05) is 24.3 Å². The third kappa shape index (κ3) is 5.15. The Morgan fingerprint density at radius 1 is 1.00 bits per heavy atom. The van der Waals surface area contributed by atoms with Gasteiger partial charge in [0.1, 0.15) is 6.61 Å². The largest absolute Gasteiger partial charge is 0.493 e. The van der Waals surface area contributed by atoms with E-state index < -0.39 is 0 Å². The van der Waals surface area contributed by atoms with Crippen LogP contribution in [0.4, 0.5) is 0 Å². The summed E-state index contributed by atoms with van der Waals surface area (Å²) >= 11 is 3.65. The van der Waals surface area contributed by atoms with E-state index >= 15 is 0 Å². The molecule has 0 bridgehead atoms. The standard InChI is InChI=1S/C24H26BrNO2/c1-17-9-7-8-12-21(17)16-28-24-22(25)13-19(14-23(24)27-3)15-26-18(2)20-10-5-4-6-11-20/h4-14,18,26H,15-16H2,1-3H3/t18-/m0/s1. The van der Waals surface area contributed by atoms with Crippen LogP contribution in [-0.2, 0) is 13.2 Å². The van der Waals surface area contributed by atoms with Crippen molar-refractivity contribution < 1.29 is 9.47 Å². The van der Waals surface area contributed by atoms with Crippen LogP contribution in [-0.4, -0.2) is 7.11 Å². The molecule has 0 amide bonds. The fraction of sp³-hybridized carbons (Fsp3) is 0.250. The summed E-state index contributed by atoms with van der Waals surface area (Å²) in [5.74, 6) is 1.46. The molecule has 3 aromatic rings. The predicted molar refractivity (Wildman–Crippen MR) is 118 cm³/mol. The van der Waals surface area contributed by atoms with Crippen molar-refractivity contribution in [1.82, 2.24) is 5.32 Å². The predicted octanol–water partition coefficient (Wildman–Crippen LogP) is 6.20. The smallest absolute Gasteiger partial charge is 0.175 e. The van der Waals surface area contributed by atoms with Crippen molar-refractivity contribution in [3.05, 3.63) is 93.5 Å². The molecule has 0 unspecified atom stereocenters. The molecule has 0 aliphatic rings. The van der Waals surface area contributed by atoms with E-state index in [1.165, 1.54) is 16.7 Å². The second-order valence-electron chi connectivity index (χ2n) is 6.84. The minimum Gasteiger partial charge on any atom is -0.493 e. The highest BCUT2D eigenvalue weighted by molar-refractivity contribution is 9.10. The molecule has 28 heavy (non-hydrogen) atoms. The maximum atomic E-state index is 6.08. The maximum Gasteiger partial charge on any atom is 0.175 e. The van der Waals surface area contributed by atoms with Gasteiger partial charge in [0.2, 0.25) is 0 Å². The Kier molecular flexibility index (Phi) is 7.12. The lowest BCUT2D eigenvalue weighted by Gasteiger charge is -2.17. The second kappa shape index (κ2) is 9.76. The first-order valence-corrected chi connectivity index (χ1v) is 10.2. The van der Waals surface area contributed by atoms with Gasteiger partial charge in [0.05, 0.1) is 11.6 Å². The molecule has 3 aromatic carbocycles. The topological polar surface area (TPSA) is 30.5 Å². The fourth-order valence-corrected chi connectivity index (χ4v) is 3.67. The van der Waals surface area contributed by atoms with Gasteiger partial charge in [-0.1, -0.05) is 54.6 Å². The van der Waals surface area contributed by atoms with Crippen molar-refractivity contribution in [2.45, 2.75) is 33.0 Å². The zero-order valence-corrected chi connectivity index (χ0v) is 18.1. The molecule has 0 spiro atoms. The summed E-state index contributed by atoms with van der Waals surface area (Å²) in [7, 11) is 1.67. The van der Waals surface area contributed by atoms with Crippen molar-refractivity contribution in [3.8, 4) is 11.5 Å². The minimum absolute atomic E-state index is 0.267. The van der Waals surface area contributed by atoms with E-state index in [0.717, 1.165) is 28.1 Å². The number of benzene rings is 3. The Hall–Kier alpha value is -2.30. The highest BCUT2D eigenvalue weighted by atomic mass is 79.9. The van der Waals surface area contributed by atoms with Crippen molar-refractivity contribution in [3.63, 3.8) is 0 Å². The average molecular weight is 440 g/mol. The lowest BCUT2D eigenvalue weighted by Crippen LogP contribution is -2.18. The monoisotopic (exact) mass is 439 g/mol. The molecule has 0 aliphatic heterocycles. The van der Waals surface area contributed by atoms with Crippen molar-refractivity contribution >= 4 is 15.9 Å². The van der Waals surface area contributed by atoms with E-state index in [1.54, 1.807) is 7.11 Å². The first-order valence-electron chi connectivity index (χ1n) is 9.40. The summed E-state index contributed by atoms with van der Waals surface area (Å²) in [4.78, 5) is 0. The molecular weight excluding hydrogens is 414 g/mol. The third-order valence-corrected chi connectivity index (χ3v) is 5.42. The van der Waals surface area contributed by atoms with Crippen LogP contribution < -0.4 is 14.8 Å². The van der Waals surface area contributed by atoms with Gasteiger partial charge in [-0.2, -0.15) is 0 Å². The molecule has 4 heteroatoms. The van der Waals surface area contributed by atoms with Gasteiger partial charge < -0.3 is 14.8 Å². The molecule has 0 aliphatic carbocycles. The van der Waals surface area contributed by atoms with Crippen molar-refractivity contribution in [2.75, 3.05) is 7.11 Å². The number of methoxy groups -OCH3 is 1. The van der Waals surface area contributed by atoms with Gasteiger partial charge in [-0.25, -0.2) is 0 Å². The number of aryl methyl sites for hydroxylation is 1. The summed E-state index contributed by atoms with van der Waals surface area (Å²) in [6.45, 7) is 5.50. The minimum atomic E-state index is 0.267. The highest BCUT2D eigenvalue weighted by Crippen LogP contribution is 2.37. The first-order chi connectivity index (χ1) is 13.6. The van der Waals surface area contributed by atoms with E-state index in [9.17, 15) is 0 Å². The number of rotatable bonds is 8. The zero-order valence-electron chi connectivity index (χ0n) is 16.5. The van der Waals surface area contributed by atoms with Gasteiger partial charge >= 0.3 is 0 Å². The van der Waals surface area contributed by atoms with Crippen LogP contribution in [0.5, 0.6) is 11.5 Å². The van der Waals surface area contributed by atoms with Crippen LogP contribution >= 0.6 is 15.9 Å². The quantitative estimate of drug-likeness (QED) is 0.453. The fourth-order valence-electron chi connectivity index (χ4n) is 3.07. The molecular formula is C24H26BrNO2. The van der Waals surface area contributed by atoms with Crippen LogP contribution in [0.1, 0.15) is 35.2 Å². The Morgan fingerprint density at radius 2 is 1.71 bits per heavy atom. The van der Waals surface area contributed by atoms with Crippen molar-refractivity contribution in [1.29, 1.82) is 0 Å². The molecule has 0 saturated heterocycles. The molecule has 3 nitrogen and oxygen atoms in total. The van der Waals surface area contributed by atoms with E-state index in [-0.39, 0.29) is 6.04 Å². The van der Waals surface area contributed by atoms with Gasteiger partial charge in [0.15, 0.2) is 11.5 Å². The van der Waals surface area contributed by atoms with Crippen LogP contribution in [0.2, 0.25) is 0 Å². The van der Waals surface area contributed by atoms with Crippen LogP contribution in [0.3, 0.4) is 0 Å². The Bertz CT molecular complexity index is 912. The summed E-state index contributed by atoms with van der Waals surface area (Å²) in [5.41, 5.74) is 4.79. The molecule has 146 valence electrons. The van der Waals surface area contributed by atoms with E-state index in [4.69, 9.17) is 9.47 Å². The highest BCUT2D eigenvalue weighted by Gasteiger charge is 2.13. The molecule has 3 rings (SSSR count). The van der Waals surface area contributed by atoms with Crippen LogP contribution in [0.25, 0.3) is 0 Å². The summed E-state index contributed by atoms with van der Waals surface area (Å²) in [6, 6.07) is 23.1. The van der Waals surface area contributed by atoms with Gasteiger partial charge in [-0.05, 0) is 64.2 Å². The second-order valence-corrected chi connectivity index (χ2v) is 7.69. The lowest BCUT2D eigenvalue weighted by molar-refractivity contribution is 0.281. The van der Waals surface area contributed by atoms with Crippen LogP contribution in [0, 0.1) is 6.92 Å². The lowest BCUT2D eigenvalue weighted by atomic mass is 10.1. The van der Waals surface area contributed by atoms with Gasteiger partial charge in [0.25, 0.3) is 0 Å². The Morgan fingerprint density at radius 3 is 2.43 bits per heavy atom. The molecule has 1 atom stereocenters. The molecule has 0 aromatic heterocycles. The van der Waals surface area contributed by atoms with Gasteiger partial charge in [0, 0.05) is 12.6 Å². The van der Waals surface area contributed by atoms with E-state index in [2.05, 4.69) is 77.6 Å². The molecule has 0 heterocycles. The summed E-state index contributed by atoms with van der Waals surface area (Å²) < 4.78 is 12.6. The number of hydrogen-bond acceptors (Lipinski definition) is 3. The Balaban J connectivity index is 1.69. The number of halogens is 1. The molecule has 0 radical (unpaired) electrons. The van der Waals surface area contributed by atoms with Gasteiger partial charge in [-0.3, -0.25) is 0 Å². The molecule has 1 N–H and O–H groups in total. The number of nitrogens with one attached hydrogen (secondary N) is 1. The Labute approximate surface area is 175 Å². The summed E-state index contributed by atoms with van der Waals surface area (Å²) in [5, 5.41) is 3.56. The number of hydrogen-bond donors (Lipinski definition) is 1. The van der Waals surface area contributed by atoms with Crippen molar-refractivity contribution in [2.24, 2.45) is 0 Å². The zero-order chi connectivity index (χ0) is 19.9. The molecule has 0 saturated carbocycles. The van der Waals surface area contributed by atoms with Crippen LogP contribution in [0.15, 0.2) is 71.2 Å².